The van der Waals surface area contributed by atoms with E-state index in [0.29, 0.717) is 56.2 Å². The molecule has 4 atom stereocenters. The Bertz CT molecular complexity index is 1900. The van der Waals surface area contributed by atoms with E-state index >= 15 is 0 Å². The van der Waals surface area contributed by atoms with Gasteiger partial charge < -0.3 is 29.7 Å². The molecule has 3 aromatic rings. The number of aromatic carboxylic acids is 1. The van der Waals surface area contributed by atoms with Gasteiger partial charge in [-0.25, -0.2) is 14.0 Å². The average Bonchev–Trinajstić information content (AvgIpc) is 3.43. The minimum Gasteiger partial charge on any atom is -0.478 e. The zero-order valence-corrected chi connectivity index (χ0v) is 32.5. The number of carboxylic acid groups (broad SMARTS) is 1. The van der Waals surface area contributed by atoms with Crippen LogP contribution in [0.5, 0.6) is 0 Å². The van der Waals surface area contributed by atoms with Gasteiger partial charge in [-0.2, -0.15) is 0 Å². The number of piperazine rings is 1. The fourth-order valence-electron chi connectivity index (χ4n) is 7.70. The minimum absolute atomic E-state index is 0.0614. The molecule has 0 saturated carbocycles. The van der Waals surface area contributed by atoms with Crippen LogP contribution in [0.2, 0.25) is 0 Å². The minimum atomic E-state index is -1.14. The Morgan fingerprint density at radius 3 is 2.29 bits per heavy atom. The van der Waals surface area contributed by atoms with E-state index in [1.165, 1.54) is 24.3 Å². The highest BCUT2D eigenvalue weighted by Crippen LogP contribution is 2.43. The predicted octanol–water partition coefficient (Wildman–Crippen LogP) is 5.39. The van der Waals surface area contributed by atoms with Gasteiger partial charge >= 0.3 is 12.1 Å². The number of carbonyl (C=O) groups is 4. The third-order valence-corrected chi connectivity index (χ3v) is 10.8. The van der Waals surface area contributed by atoms with Crippen LogP contribution < -0.4 is 10.2 Å². The number of benzene rings is 3. The molecule has 2 N–H and O–H groups in total. The number of rotatable bonds is 9. The van der Waals surface area contributed by atoms with Crippen LogP contribution in [0.25, 0.3) is 0 Å². The van der Waals surface area contributed by atoms with E-state index in [1.54, 1.807) is 34.1 Å². The number of hydrogen-bond donors (Lipinski definition) is 2. The number of amides is 3. The Kier molecular flexibility index (Phi) is 11.7. The summed E-state index contributed by atoms with van der Waals surface area (Å²) in [4.78, 5) is 61.6. The normalized spacial score (nSPS) is 23.3. The van der Waals surface area contributed by atoms with Crippen LogP contribution in [0.1, 0.15) is 68.6 Å². The van der Waals surface area contributed by atoms with Gasteiger partial charge in [0.15, 0.2) is 0 Å². The predicted molar refractivity (Wildman–Crippen MR) is 207 cm³/mol. The quantitative estimate of drug-likeness (QED) is 0.295. The molecule has 294 valence electrons. The molecule has 6 rings (SSSR count). The van der Waals surface area contributed by atoms with Crippen molar-refractivity contribution in [3.8, 4) is 0 Å². The molecule has 0 radical (unpaired) electrons. The Morgan fingerprint density at radius 2 is 1.64 bits per heavy atom. The first kappa shape index (κ1) is 39.8. The standard InChI is InChI=1S/C42H52FN5O7/c1-27-21-46(34(22-45-17-18-54-25-28(45)2)23-47(27)40(53)55-41(3,4)5)24-37(49)48-26-42(6,39(52)44-33-14-10-31(11-15-33)38(50)51)35-16-9-30(20-36(35)48)19-29-7-12-32(43)13-8-29/h7-16,20,27-28,34H,17-19,21-26H2,1-6H3,(H,44,52)(H,50,51)/t27-,28-,34+,42?/m1/s1. The molecule has 3 aromatic carbocycles. The largest absolute Gasteiger partial charge is 0.478 e. The first-order valence-corrected chi connectivity index (χ1v) is 18.9. The lowest BCUT2D eigenvalue weighted by atomic mass is 9.83. The maximum atomic E-state index is 14.7. The van der Waals surface area contributed by atoms with Crippen molar-refractivity contribution in [1.29, 1.82) is 0 Å². The first-order chi connectivity index (χ1) is 26.0. The van der Waals surface area contributed by atoms with E-state index in [4.69, 9.17) is 9.47 Å². The lowest BCUT2D eigenvalue weighted by Gasteiger charge is -2.47. The molecule has 0 aliphatic carbocycles. The van der Waals surface area contributed by atoms with E-state index in [1.807, 2.05) is 52.8 Å². The Balaban J connectivity index is 1.29. The number of nitrogens with one attached hydrogen (secondary N) is 1. The van der Waals surface area contributed by atoms with Crippen molar-refractivity contribution < 1.29 is 38.1 Å². The lowest BCUT2D eigenvalue weighted by molar-refractivity contribution is -0.122. The number of nitrogens with zero attached hydrogens (tertiary/aromatic N) is 4. The van der Waals surface area contributed by atoms with E-state index < -0.39 is 17.0 Å². The first-order valence-electron chi connectivity index (χ1n) is 18.9. The second-order valence-corrected chi connectivity index (χ2v) is 16.3. The van der Waals surface area contributed by atoms with E-state index in [0.717, 1.165) is 17.7 Å². The summed E-state index contributed by atoms with van der Waals surface area (Å²) in [7, 11) is 0. The van der Waals surface area contributed by atoms with Gasteiger partial charge in [-0.1, -0.05) is 24.3 Å². The summed E-state index contributed by atoms with van der Waals surface area (Å²) >= 11 is 0. The van der Waals surface area contributed by atoms with Gasteiger partial charge in [-0.05, 0) is 107 Å². The summed E-state index contributed by atoms with van der Waals surface area (Å²) in [5.41, 5.74) is 1.85. The fraction of sp³-hybridized carbons (Fsp3) is 0.476. The molecule has 3 aliphatic heterocycles. The summed E-state index contributed by atoms with van der Waals surface area (Å²) in [6.07, 6.45) is 0.116. The highest BCUT2D eigenvalue weighted by molar-refractivity contribution is 6.07. The zero-order chi connectivity index (χ0) is 39.7. The van der Waals surface area contributed by atoms with Crippen LogP contribution in [-0.4, -0.2) is 120 Å². The molecule has 3 aliphatic rings. The fourth-order valence-corrected chi connectivity index (χ4v) is 7.70. The maximum Gasteiger partial charge on any atom is 0.410 e. The molecule has 13 heteroatoms. The molecule has 2 fully saturated rings. The highest BCUT2D eigenvalue weighted by Gasteiger charge is 2.48. The number of carboxylic acids is 1. The number of ether oxygens (including phenoxy) is 2. The topological polar surface area (TPSA) is 132 Å². The molecule has 12 nitrogen and oxygen atoms in total. The van der Waals surface area contributed by atoms with Gasteiger partial charge in [0.1, 0.15) is 11.4 Å². The summed E-state index contributed by atoms with van der Waals surface area (Å²) in [6, 6.07) is 17.8. The van der Waals surface area contributed by atoms with Crippen molar-refractivity contribution in [3.05, 3.63) is 94.8 Å². The SMILES string of the molecule is C[C@@H]1COCCN1C[C@H]1CN(C(=O)OC(C)(C)C)[C@H](C)CN1CC(=O)N1CC(C)(C(=O)Nc2ccc(C(=O)O)cc2)c2ccc(Cc3ccc(F)cc3)cc21. The third kappa shape index (κ3) is 9.17. The number of anilines is 2. The average molecular weight is 758 g/mol. The second kappa shape index (κ2) is 16.1. The molecular formula is C42H52FN5O7. The van der Waals surface area contributed by atoms with Crippen LogP contribution in [-0.2, 0) is 30.9 Å². The summed E-state index contributed by atoms with van der Waals surface area (Å²) in [5.74, 6) is -1.91. The van der Waals surface area contributed by atoms with Gasteiger partial charge in [-0.15, -0.1) is 0 Å². The maximum absolute atomic E-state index is 14.7. The Labute approximate surface area is 322 Å². The van der Waals surface area contributed by atoms with Crippen molar-refractivity contribution in [1.82, 2.24) is 14.7 Å². The molecule has 55 heavy (non-hydrogen) atoms. The summed E-state index contributed by atoms with van der Waals surface area (Å²) < 4.78 is 25.2. The number of hydrogen-bond acceptors (Lipinski definition) is 8. The molecule has 0 aromatic heterocycles. The third-order valence-electron chi connectivity index (χ3n) is 10.8. The molecule has 0 spiro atoms. The van der Waals surface area contributed by atoms with Crippen LogP contribution in [0, 0.1) is 5.82 Å². The van der Waals surface area contributed by atoms with Gasteiger partial charge in [0.25, 0.3) is 0 Å². The van der Waals surface area contributed by atoms with Crippen molar-refractivity contribution in [2.45, 2.75) is 77.1 Å². The number of fused-ring (bicyclic) bond motifs is 1. The molecule has 3 heterocycles. The number of morpholine rings is 1. The van der Waals surface area contributed by atoms with Gasteiger partial charge in [-0.3, -0.25) is 19.4 Å². The number of halogens is 1. The summed E-state index contributed by atoms with van der Waals surface area (Å²) in [5, 5.41) is 12.3. The van der Waals surface area contributed by atoms with Gasteiger partial charge in [0.2, 0.25) is 11.8 Å². The highest BCUT2D eigenvalue weighted by atomic mass is 19.1. The van der Waals surface area contributed by atoms with E-state index in [9.17, 15) is 28.7 Å². The van der Waals surface area contributed by atoms with E-state index in [-0.39, 0.29) is 60.5 Å². The Morgan fingerprint density at radius 1 is 0.945 bits per heavy atom. The van der Waals surface area contributed by atoms with Crippen LogP contribution in [0.15, 0.2) is 66.7 Å². The molecule has 3 amide bonds. The second-order valence-electron chi connectivity index (χ2n) is 16.3. The zero-order valence-electron chi connectivity index (χ0n) is 32.5. The van der Waals surface area contributed by atoms with Gasteiger partial charge in [0, 0.05) is 62.2 Å². The van der Waals surface area contributed by atoms with Crippen LogP contribution >= 0.6 is 0 Å². The van der Waals surface area contributed by atoms with Crippen LogP contribution in [0.3, 0.4) is 0 Å². The lowest BCUT2D eigenvalue weighted by Crippen LogP contribution is -2.64. The van der Waals surface area contributed by atoms with Crippen molar-refractivity contribution >= 4 is 35.3 Å². The molecule has 0 bridgehead atoms. The van der Waals surface area contributed by atoms with Crippen LogP contribution in [0.4, 0.5) is 20.6 Å². The van der Waals surface area contributed by atoms with Crippen molar-refractivity contribution in [3.63, 3.8) is 0 Å². The monoisotopic (exact) mass is 757 g/mol. The molecule has 2 saturated heterocycles. The van der Waals surface area contributed by atoms with Crippen molar-refractivity contribution in [2.24, 2.45) is 0 Å². The van der Waals surface area contributed by atoms with Crippen molar-refractivity contribution in [2.75, 3.05) is 62.7 Å². The summed E-state index contributed by atoms with van der Waals surface area (Å²) in [6.45, 7) is 15.0. The molecular weight excluding hydrogens is 705 g/mol. The molecule has 1 unspecified atom stereocenters. The van der Waals surface area contributed by atoms with E-state index in [2.05, 4.69) is 22.0 Å². The van der Waals surface area contributed by atoms with Gasteiger partial charge in [0.05, 0.1) is 30.7 Å². The Hall–Kier alpha value is -4.85. The number of carbonyl (C=O) groups excluding carboxylic acids is 3. The smallest absolute Gasteiger partial charge is 0.410 e.